The lowest BCUT2D eigenvalue weighted by Gasteiger charge is -2.26. The predicted molar refractivity (Wildman–Crippen MR) is 128 cm³/mol. The van der Waals surface area contributed by atoms with Crippen LogP contribution in [-0.4, -0.2) is 81.8 Å². The van der Waals surface area contributed by atoms with Gasteiger partial charge in [-0.2, -0.15) is 11.8 Å². The van der Waals surface area contributed by atoms with E-state index in [9.17, 15) is 29.4 Å². The van der Waals surface area contributed by atoms with E-state index in [1.807, 2.05) is 6.26 Å². The number of amides is 3. The molecule has 0 spiro atoms. The number of rotatable bonds is 14. The minimum atomic E-state index is -1.21. The molecule has 3 amide bonds. The fraction of sp³-hybridized carbons (Fsp3) is 0.545. The number of benzene rings is 1. The van der Waals surface area contributed by atoms with Gasteiger partial charge in [0.15, 0.2) is 0 Å². The van der Waals surface area contributed by atoms with Crippen molar-refractivity contribution in [3.8, 4) is 5.75 Å². The van der Waals surface area contributed by atoms with E-state index in [4.69, 9.17) is 10.8 Å². The topological polar surface area (TPSA) is 191 Å². The first-order valence-corrected chi connectivity index (χ1v) is 12.2. The number of aromatic hydroxyl groups is 1. The number of phenolic OH excluding ortho intramolecular Hbond substituents is 1. The molecule has 0 fully saturated rings. The number of phenols is 1. The van der Waals surface area contributed by atoms with Gasteiger partial charge in [0.2, 0.25) is 17.7 Å². The second-order valence-corrected chi connectivity index (χ2v) is 9.12. The molecule has 8 N–H and O–H groups in total. The predicted octanol–water partition coefficient (Wildman–Crippen LogP) is -0.798. The first-order valence-electron chi connectivity index (χ1n) is 10.8. The van der Waals surface area contributed by atoms with E-state index >= 15 is 0 Å². The van der Waals surface area contributed by atoms with E-state index in [0.717, 1.165) is 0 Å². The van der Waals surface area contributed by atoms with Gasteiger partial charge in [-0.25, -0.2) is 4.79 Å². The Hall–Kier alpha value is -2.83. The van der Waals surface area contributed by atoms with E-state index in [2.05, 4.69) is 16.0 Å². The monoisotopic (exact) mass is 498 g/mol. The van der Waals surface area contributed by atoms with Crippen molar-refractivity contribution in [3.05, 3.63) is 29.8 Å². The maximum absolute atomic E-state index is 13.0. The zero-order valence-electron chi connectivity index (χ0n) is 19.5. The van der Waals surface area contributed by atoms with Crippen LogP contribution in [0.2, 0.25) is 0 Å². The first-order chi connectivity index (χ1) is 16.0. The molecule has 11 nitrogen and oxygen atoms in total. The molecule has 190 valence electrons. The van der Waals surface area contributed by atoms with Gasteiger partial charge >= 0.3 is 5.97 Å². The van der Waals surface area contributed by atoms with Crippen LogP contribution in [0, 0.1) is 5.92 Å². The molecule has 4 unspecified atom stereocenters. The largest absolute Gasteiger partial charge is 0.508 e. The maximum atomic E-state index is 13.0. The Bertz CT molecular complexity index is 835. The van der Waals surface area contributed by atoms with Crippen LogP contribution in [0.5, 0.6) is 5.75 Å². The van der Waals surface area contributed by atoms with Crippen molar-refractivity contribution in [2.45, 2.75) is 50.9 Å². The highest BCUT2D eigenvalue weighted by Gasteiger charge is 2.31. The van der Waals surface area contributed by atoms with Gasteiger partial charge in [0.05, 0.1) is 6.61 Å². The first kappa shape index (κ1) is 29.2. The van der Waals surface area contributed by atoms with Gasteiger partial charge < -0.3 is 37.0 Å². The van der Waals surface area contributed by atoms with Crippen molar-refractivity contribution >= 4 is 35.5 Å². The molecule has 0 saturated heterocycles. The van der Waals surface area contributed by atoms with Crippen LogP contribution in [0.3, 0.4) is 0 Å². The van der Waals surface area contributed by atoms with Gasteiger partial charge in [-0.15, -0.1) is 0 Å². The van der Waals surface area contributed by atoms with Gasteiger partial charge in [0.1, 0.15) is 29.9 Å². The zero-order valence-corrected chi connectivity index (χ0v) is 20.3. The van der Waals surface area contributed by atoms with Crippen LogP contribution in [-0.2, 0) is 25.6 Å². The van der Waals surface area contributed by atoms with Gasteiger partial charge in [0, 0.05) is 6.42 Å². The van der Waals surface area contributed by atoms with Crippen LogP contribution >= 0.6 is 11.8 Å². The highest BCUT2D eigenvalue weighted by molar-refractivity contribution is 7.98. The molecular weight excluding hydrogens is 464 g/mol. The minimum absolute atomic E-state index is 0.0155. The van der Waals surface area contributed by atoms with Crippen LogP contribution < -0.4 is 21.7 Å². The summed E-state index contributed by atoms with van der Waals surface area (Å²) in [5, 5.41) is 35.6. The van der Waals surface area contributed by atoms with Crippen LogP contribution in [0.4, 0.5) is 0 Å². The third-order valence-corrected chi connectivity index (χ3v) is 5.66. The normalized spacial score (nSPS) is 14.5. The maximum Gasteiger partial charge on any atom is 0.326 e. The van der Waals surface area contributed by atoms with Gasteiger partial charge in [-0.05, 0) is 42.0 Å². The minimum Gasteiger partial charge on any atom is -0.508 e. The number of thioether (sulfide) groups is 1. The van der Waals surface area contributed by atoms with Crippen LogP contribution in [0.25, 0.3) is 0 Å². The molecule has 4 atom stereocenters. The number of aliphatic hydroxyl groups is 1. The second-order valence-electron chi connectivity index (χ2n) is 8.13. The molecule has 0 aliphatic heterocycles. The number of nitrogens with one attached hydrogen (secondary N) is 3. The van der Waals surface area contributed by atoms with Crippen LogP contribution in [0.15, 0.2) is 24.3 Å². The number of carbonyl (C=O) groups excluding carboxylic acids is 3. The van der Waals surface area contributed by atoms with E-state index in [-0.39, 0.29) is 18.6 Å². The van der Waals surface area contributed by atoms with Crippen molar-refractivity contribution in [1.29, 1.82) is 0 Å². The summed E-state index contributed by atoms with van der Waals surface area (Å²) in [6, 6.07) is 1.46. The molecule has 34 heavy (non-hydrogen) atoms. The summed E-state index contributed by atoms with van der Waals surface area (Å²) in [6.45, 7) is 2.69. The number of aliphatic hydroxyl groups excluding tert-OH is 1. The third kappa shape index (κ3) is 9.57. The zero-order chi connectivity index (χ0) is 25.8. The molecule has 0 aliphatic carbocycles. The summed E-state index contributed by atoms with van der Waals surface area (Å²) in [5.74, 6) is -3.13. The van der Waals surface area contributed by atoms with E-state index < -0.39 is 60.4 Å². The molecule has 1 aromatic rings. The standard InChI is InChI=1S/C22H34N4O7S/c1-12(2)18(22(32)33)26-21(31)17(10-13-4-6-14(28)7-5-13)25-20(30)16(8-9-34-3)24-19(29)15(23)11-27/h4-7,12,15-18,27-28H,8-11,23H2,1-3H3,(H,24,29)(H,25,30)(H,26,31)(H,32,33). The Labute approximate surface area is 202 Å². The summed E-state index contributed by atoms with van der Waals surface area (Å²) in [4.78, 5) is 49.7. The summed E-state index contributed by atoms with van der Waals surface area (Å²) < 4.78 is 0. The molecule has 1 aromatic carbocycles. The van der Waals surface area contributed by atoms with Crippen LogP contribution in [0.1, 0.15) is 25.8 Å². The highest BCUT2D eigenvalue weighted by Crippen LogP contribution is 2.13. The molecule has 0 bridgehead atoms. The lowest BCUT2D eigenvalue weighted by molar-refractivity contribution is -0.143. The Balaban J connectivity index is 3.13. The average Bonchev–Trinajstić information content (AvgIpc) is 2.79. The number of carboxylic acid groups (broad SMARTS) is 1. The van der Waals surface area contributed by atoms with E-state index in [1.165, 1.54) is 23.9 Å². The van der Waals surface area contributed by atoms with Crippen molar-refractivity contribution in [1.82, 2.24) is 16.0 Å². The fourth-order valence-electron chi connectivity index (χ4n) is 2.98. The average molecular weight is 499 g/mol. The van der Waals surface area contributed by atoms with Crippen molar-refractivity contribution in [2.24, 2.45) is 11.7 Å². The second kappa shape index (κ2) is 14.4. The number of hydrogen-bond donors (Lipinski definition) is 7. The molecule has 0 saturated carbocycles. The Morgan fingerprint density at radius 2 is 1.53 bits per heavy atom. The molecule has 1 rings (SSSR count). The number of aliphatic carboxylic acids is 1. The molecule has 0 aliphatic rings. The number of nitrogens with two attached hydrogens (primary N) is 1. The summed E-state index contributed by atoms with van der Waals surface area (Å²) in [6.07, 6.45) is 2.09. The molecular formula is C22H34N4O7S. The quantitative estimate of drug-likeness (QED) is 0.172. The Morgan fingerprint density at radius 3 is 2.03 bits per heavy atom. The molecule has 0 aromatic heterocycles. The van der Waals surface area contributed by atoms with Crippen molar-refractivity contribution in [2.75, 3.05) is 18.6 Å². The number of carboxylic acids is 1. The highest BCUT2D eigenvalue weighted by atomic mass is 32.2. The number of carbonyl (C=O) groups is 4. The molecule has 0 heterocycles. The molecule has 0 radical (unpaired) electrons. The fourth-order valence-corrected chi connectivity index (χ4v) is 3.45. The van der Waals surface area contributed by atoms with E-state index in [0.29, 0.717) is 11.3 Å². The summed E-state index contributed by atoms with van der Waals surface area (Å²) in [7, 11) is 0. The number of hydrogen-bond acceptors (Lipinski definition) is 8. The smallest absolute Gasteiger partial charge is 0.326 e. The van der Waals surface area contributed by atoms with Crippen molar-refractivity contribution in [3.63, 3.8) is 0 Å². The van der Waals surface area contributed by atoms with E-state index in [1.54, 1.807) is 26.0 Å². The van der Waals surface area contributed by atoms with Gasteiger partial charge in [-0.3, -0.25) is 14.4 Å². The Morgan fingerprint density at radius 1 is 0.971 bits per heavy atom. The van der Waals surface area contributed by atoms with Gasteiger partial charge in [-0.1, -0.05) is 26.0 Å². The van der Waals surface area contributed by atoms with Gasteiger partial charge in [0.25, 0.3) is 0 Å². The lowest BCUT2D eigenvalue weighted by Crippen LogP contribution is -2.58. The Kier molecular flexibility index (Phi) is 12.4. The summed E-state index contributed by atoms with van der Waals surface area (Å²) in [5.41, 5.74) is 6.14. The third-order valence-electron chi connectivity index (χ3n) is 5.02. The SMILES string of the molecule is CSCCC(NC(=O)C(N)CO)C(=O)NC(Cc1ccc(O)cc1)C(=O)NC(C(=O)O)C(C)C. The molecule has 12 heteroatoms. The summed E-state index contributed by atoms with van der Waals surface area (Å²) >= 11 is 1.45. The van der Waals surface area contributed by atoms with Crippen molar-refractivity contribution < 1.29 is 34.5 Å². The lowest BCUT2D eigenvalue weighted by atomic mass is 10.0.